The fraction of sp³-hybridized carbons (Fsp3) is 0.242. The van der Waals surface area contributed by atoms with Gasteiger partial charge in [-0.1, -0.05) is 49.4 Å². The Hall–Kier alpha value is -5.33. The van der Waals surface area contributed by atoms with Crippen LogP contribution in [0.4, 0.5) is 28.9 Å². The third-order valence-corrected chi connectivity index (χ3v) is 8.09. The van der Waals surface area contributed by atoms with Crippen LogP contribution in [-0.4, -0.2) is 21.7 Å². The number of hydrogen-bond donors (Lipinski definition) is 4. The average Bonchev–Trinajstić information content (AvgIpc) is 3.73. The average molecular weight is 614 g/mol. The standard InChI is InChI=1S/C33H28F4N8/c1-2-27(20-6-4-3-5-7-20)42-30-23(17-39)18-40-29-22(16-38)14-25(15-26(29)30)41-31(21-8-10-24(34)11-9-21)28-19-45(44-43-28)32(12-13-32)33(35,36)37/h3-11,14-15,18-19,27,31,41,43-44H,2,12-13H2,1H3,(H,40,42)/t27-,31?/m1/s1/i31D. The molecule has 0 amide bonds. The molecule has 45 heavy (non-hydrogen) atoms. The number of nitrogens with zero attached hydrogens (tertiary/aromatic N) is 4. The predicted octanol–water partition coefficient (Wildman–Crippen LogP) is 7.09. The van der Waals surface area contributed by atoms with Crippen LogP contribution in [-0.2, 0) is 0 Å². The Morgan fingerprint density at radius 1 is 1.02 bits per heavy atom. The van der Waals surface area contributed by atoms with Gasteiger partial charge in [-0.15, -0.1) is 5.53 Å². The molecule has 8 nitrogen and oxygen atoms in total. The summed E-state index contributed by atoms with van der Waals surface area (Å²) in [5, 5.41) is 28.0. The van der Waals surface area contributed by atoms with E-state index in [-0.39, 0.29) is 47.0 Å². The summed E-state index contributed by atoms with van der Waals surface area (Å²) in [7, 11) is 0. The molecule has 4 N–H and O–H groups in total. The molecule has 1 saturated carbocycles. The van der Waals surface area contributed by atoms with Crippen molar-refractivity contribution in [3.05, 3.63) is 113 Å². The molecule has 1 aliphatic carbocycles. The molecule has 12 heteroatoms. The van der Waals surface area contributed by atoms with Crippen molar-refractivity contribution in [3.8, 4) is 12.1 Å². The quantitative estimate of drug-likeness (QED) is 0.148. The van der Waals surface area contributed by atoms with Crippen molar-refractivity contribution in [3.63, 3.8) is 0 Å². The summed E-state index contributed by atoms with van der Waals surface area (Å²) in [4.78, 5) is 4.39. The molecule has 2 heterocycles. The number of nitrogens with one attached hydrogen (secondary N) is 4. The highest BCUT2D eigenvalue weighted by Crippen LogP contribution is 2.53. The lowest BCUT2D eigenvalue weighted by Gasteiger charge is -2.28. The fourth-order valence-corrected chi connectivity index (χ4v) is 5.49. The van der Waals surface area contributed by atoms with Crippen molar-refractivity contribution in [1.82, 2.24) is 21.0 Å². The highest BCUT2D eigenvalue weighted by Gasteiger charge is 2.67. The van der Waals surface area contributed by atoms with Crippen LogP contribution in [0.2, 0.25) is 0 Å². The minimum atomic E-state index is -4.52. The van der Waals surface area contributed by atoms with Crippen molar-refractivity contribution >= 4 is 22.3 Å². The predicted molar refractivity (Wildman–Crippen MR) is 161 cm³/mol. The summed E-state index contributed by atoms with van der Waals surface area (Å²) >= 11 is 0. The Morgan fingerprint density at radius 3 is 2.36 bits per heavy atom. The fourth-order valence-electron chi connectivity index (χ4n) is 5.49. The maximum absolute atomic E-state index is 13.9. The van der Waals surface area contributed by atoms with E-state index in [1.165, 1.54) is 30.6 Å². The number of alkyl halides is 3. The molecule has 0 spiro atoms. The van der Waals surface area contributed by atoms with Gasteiger partial charge in [-0.05, 0) is 54.7 Å². The summed E-state index contributed by atoms with van der Waals surface area (Å²) in [6, 6.07) is 19.9. The lowest BCUT2D eigenvalue weighted by atomic mass is 10.00. The highest BCUT2D eigenvalue weighted by molar-refractivity contribution is 5.99. The Morgan fingerprint density at radius 2 is 1.73 bits per heavy atom. The van der Waals surface area contributed by atoms with Gasteiger partial charge in [0.2, 0.25) is 0 Å². The summed E-state index contributed by atoms with van der Waals surface area (Å²) in [5.41, 5.74) is 5.71. The summed E-state index contributed by atoms with van der Waals surface area (Å²) in [5.74, 6) is -0.555. The number of anilines is 2. The van der Waals surface area contributed by atoms with Crippen molar-refractivity contribution < 1.29 is 18.9 Å². The van der Waals surface area contributed by atoms with E-state index in [0.29, 0.717) is 23.0 Å². The Kier molecular flexibility index (Phi) is 7.35. The van der Waals surface area contributed by atoms with Crippen molar-refractivity contribution in [2.75, 3.05) is 10.6 Å². The molecule has 0 saturated heterocycles. The third kappa shape index (κ3) is 5.56. The molecular formula is C33H28F4N8. The largest absolute Gasteiger partial charge is 0.413 e. The van der Waals surface area contributed by atoms with E-state index in [2.05, 4.69) is 38.7 Å². The zero-order chi connectivity index (χ0) is 32.7. The molecule has 2 atom stereocenters. The van der Waals surface area contributed by atoms with E-state index >= 15 is 0 Å². The van der Waals surface area contributed by atoms with Gasteiger partial charge in [0.1, 0.15) is 18.0 Å². The minimum Gasteiger partial charge on any atom is -0.377 e. The van der Waals surface area contributed by atoms with E-state index in [0.717, 1.165) is 22.7 Å². The Labute approximate surface area is 258 Å². The van der Waals surface area contributed by atoms with Crippen molar-refractivity contribution in [2.24, 2.45) is 0 Å². The molecule has 1 fully saturated rings. The lowest BCUT2D eigenvalue weighted by Crippen LogP contribution is -2.52. The van der Waals surface area contributed by atoms with Crippen LogP contribution in [0.3, 0.4) is 0 Å². The third-order valence-electron chi connectivity index (χ3n) is 8.09. The van der Waals surface area contributed by atoms with Gasteiger partial charge < -0.3 is 16.1 Å². The number of hydrogen-bond acceptors (Lipinski definition) is 8. The Bertz CT molecular complexity index is 1900. The zero-order valence-corrected chi connectivity index (χ0v) is 24.0. The molecule has 3 aromatic carbocycles. The van der Waals surface area contributed by atoms with Gasteiger partial charge in [-0.25, -0.2) is 4.39 Å². The van der Waals surface area contributed by atoms with Gasteiger partial charge in [0.05, 0.1) is 41.5 Å². The van der Waals surface area contributed by atoms with E-state index in [1.54, 1.807) is 6.07 Å². The maximum atomic E-state index is 13.9. The summed E-state index contributed by atoms with van der Waals surface area (Å²) in [6.45, 7) is 2.00. The first kappa shape index (κ1) is 28.4. The monoisotopic (exact) mass is 613 g/mol. The van der Waals surface area contributed by atoms with Crippen molar-refractivity contribution in [2.45, 2.75) is 50.0 Å². The number of rotatable bonds is 9. The number of fused-ring (bicyclic) bond motifs is 1. The molecule has 1 unspecified atom stereocenters. The van der Waals surface area contributed by atoms with Crippen molar-refractivity contribution in [1.29, 1.82) is 10.5 Å². The van der Waals surface area contributed by atoms with Crippen LogP contribution in [0.15, 0.2) is 84.8 Å². The number of nitriles is 2. The normalized spacial score (nSPS) is 17.6. The summed E-state index contributed by atoms with van der Waals surface area (Å²) < 4.78 is 65.3. The lowest BCUT2D eigenvalue weighted by molar-refractivity contribution is -0.195. The molecule has 0 bridgehead atoms. The minimum absolute atomic E-state index is 0.00520. The number of benzene rings is 3. The van der Waals surface area contributed by atoms with Crippen LogP contribution in [0.1, 0.15) is 61.9 Å². The molecule has 6 rings (SSSR count). The van der Waals surface area contributed by atoms with Crippen LogP contribution >= 0.6 is 0 Å². The number of hydrazine groups is 2. The highest BCUT2D eigenvalue weighted by atomic mass is 19.4. The zero-order valence-electron chi connectivity index (χ0n) is 25.0. The van der Waals surface area contributed by atoms with E-state index in [9.17, 15) is 29.5 Å². The van der Waals surface area contributed by atoms with E-state index in [1.807, 2.05) is 37.3 Å². The van der Waals surface area contributed by atoms with Gasteiger partial charge in [-0.2, -0.15) is 23.7 Å². The molecule has 4 aromatic rings. The topological polar surface area (TPSA) is 112 Å². The first-order chi connectivity index (χ1) is 22.0. The van der Waals surface area contributed by atoms with Gasteiger partial charge >= 0.3 is 6.18 Å². The number of aromatic nitrogens is 1. The second-order valence-electron chi connectivity index (χ2n) is 10.9. The van der Waals surface area contributed by atoms with E-state index < -0.39 is 23.6 Å². The van der Waals surface area contributed by atoms with Crippen LogP contribution in [0.5, 0.6) is 0 Å². The number of pyridine rings is 1. The Balaban J connectivity index is 1.47. The summed E-state index contributed by atoms with van der Waals surface area (Å²) in [6.07, 6.45) is -1.51. The molecule has 0 radical (unpaired) electrons. The second-order valence-corrected chi connectivity index (χ2v) is 10.9. The molecular weight excluding hydrogens is 584 g/mol. The van der Waals surface area contributed by atoms with Gasteiger partial charge in [0.15, 0.2) is 5.54 Å². The van der Waals surface area contributed by atoms with Gasteiger partial charge in [0, 0.05) is 23.5 Å². The second kappa shape index (κ2) is 11.6. The van der Waals surface area contributed by atoms with E-state index in [4.69, 9.17) is 0 Å². The first-order valence-corrected chi connectivity index (χ1v) is 14.3. The SMILES string of the molecule is [2H]C(Nc1cc(C#N)c2ncc(C#N)c(N[C@H](CC)c3ccccc3)c2c1)(C1=CN(C2(C(F)(F)F)CC2)NN1)c1ccc(F)cc1. The van der Waals surface area contributed by atoms with Crippen LogP contribution in [0, 0.1) is 28.5 Å². The van der Waals surface area contributed by atoms with Gasteiger partial charge in [-0.3, -0.25) is 9.99 Å². The smallest absolute Gasteiger partial charge is 0.377 e. The number of halogens is 4. The molecule has 1 aliphatic heterocycles. The maximum Gasteiger partial charge on any atom is 0.413 e. The first-order valence-electron chi connectivity index (χ1n) is 14.8. The molecule has 228 valence electrons. The molecule has 1 aromatic heterocycles. The molecule has 2 aliphatic rings. The van der Waals surface area contributed by atoms with Gasteiger partial charge in [0.25, 0.3) is 0 Å². The van der Waals surface area contributed by atoms with Crippen LogP contribution < -0.4 is 21.6 Å². The van der Waals surface area contributed by atoms with Crippen LogP contribution in [0.25, 0.3) is 10.9 Å².